The van der Waals surface area contributed by atoms with Crippen LogP contribution in [0.1, 0.15) is 51.9 Å². The minimum absolute atomic E-state index is 0.0167. The van der Waals surface area contributed by atoms with Gasteiger partial charge in [-0.3, -0.25) is 9.69 Å². The van der Waals surface area contributed by atoms with Crippen LogP contribution in [-0.4, -0.2) is 50.6 Å². The number of thiophene rings is 1. The molecule has 7 nitrogen and oxygen atoms in total. The molecular formula is C21H26N2O5S2. The first-order valence-corrected chi connectivity index (χ1v) is 12.3. The van der Waals surface area contributed by atoms with Gasteiger partial charge in [0.1, 0.15) is 5.00 Å². The molecule has 2 aromatic rings. The summed E-state index contributed by atoms with van der Waals surface area (Å²) < 4.78 is 29.8. The molecule has 1 aliphatic rings. The Hall–Kier alpha value is -2.23. The third-order valence-corrected chi connectivity index (χ3v) is 8.20. The minimum Gasteiger partial charge on any atom is -0.465 e. The summed E-state index contributed by atoms with van der Waals surface area (Å²) in [6.45, 7) is 7.28. The molecule has 0 unspecified atom stereocenters. The van der Waals surface area contributed by atoms with Crippen LogP contribution in [0.15, 0.2) is 29.2 Å². The Balaban J connectivity index is 2.00. The zero-order valence-electron chi connectivity index (χ0n) is 17.5. The summed E-state index contributed by atoms with van der Waals surface area (Å²) in [5.41, 5.74) is 1.32. The lowest BCUT2D eigenvalue weighted by Crippen LogP contribution is -2.35. The van der Waals surface area contributed by atoms with Crippen molar-refractivity contribution < 1.29 is 22.7 Å². The van der Waals surface area contributed by atoms with Gasteiger partial charge in [0.05, 0.1) is 28.9 Å². The highest BCUT2D eigenvalue weighted by Crippen LogP contribution is 2.38. The van der Waals surface area contributed by atoms with Crippen LogP contribution < -0.4 is 5.32 Å². The predicted molar refractivity (Wildman–Crippen MR) is 117 cm³/mol. The van der Waals surface area contributed by atoms with Gasteiger partial charge in [0.15, 0.2) is 9.84 Å². The molecule has 0 radical (unpaired) electrons. The lowest BCUT2D eigenvalue weighted by molar-refractivity contribution is 0.0600. The summed E-state index contributed by atoms with van der Waals surface area (Å²) >= 11 is 1.35. The molecule has 3 rings (SSSR count). The van der Waals surface area contributed by atoms with Crippen molar-refractivity contribution in [1.82, 2.24) is 4.90 Å². The van der Waals surface area contributed by atoms with Crippen molar-refractivity contribution in [3.8, 4) is 0 Å². The fraction of sp³-hybridized carbons (Fsp3) is 0.429. The average molecular weight is 451 g/mol. The van der Waals surface area contributed by atoms with Crippen LogP contribution in [0.3, 0.4) is 0 Å². The van der Waals surface area contributed by atoms with Gasteiger partial charge in [0, 0.05) is 24.0 Å². The second-order valence-electron chi connectivity index (χ2n) is 7.37. The summed E-state index contributed by atoms with van der Waals surface area (Å²) in [7, 11) is -2.26. The number of carbonyl (C=O) groups is 2. The molecule has 2 heterocycles. The number of esters is 1. The zero-order valence-corrected chi connectivity index (χ0v) is 19.2. The second kappa shape index (κ2) is 8.87. The Morgan fingerprint density at radius 2 is 1.97 bits per heavy atom. The molecule has 1 aromatic heterocycles. The number of rotatable bonds is 6. The maximum atomic E-state index is 13.0. The first-order valence-electron chi connectivity index (χ1n) is 9.79. The van der Waals surface area contributed by atoms with Crippen molar-refractivity contribution in [2.24, 2.45) is 0 Å². The SMILES string of the molecule is CCS(=O)(=O)c1ccccc1C(=O)Nc1sc2c(c1C(=O)OC)CCN(C(C)C)C2. The lowest BCUT2D eigenvalue weighted by Gasteiger charge is -2.30. The van der Waals surface area contributed by atoms with E-state index in [0.29, 0.717) is 29.6 Å². The molecule has 0 bridgehead atoms. The molecule has 0 saturated carbocycles. The summed E-state index contributed by atoms with van der Waals surface area (Å²) in [6.07, 6.45) is 0.686. The third-order valence-electron chi connectivity index (χ3n) is 5.28. The number of nitrogens with zero attached hydrogens (tertiary/aromatic N) is 1. The zero-order chi connectivity index (χ0) is 22.1. The van der Waals surface area contributed by atoms with Crippen LogP contribution in [0.4, 0.5) is 5.00 Å². The average Bonchev–Trinajstić information content (AvgIpc) is 3.09. The van der Waals surface area contributed by atoms with Gasteiger partial charge in [-0.25, -0.2) is 13.2 Å². The molecule has 0 spiro atoms. The summed E-state index contributed by atoms with van der Waals surface area (Å²) in [5, 5.41) is 3.17. The van der Waals surface area contributed by atoms with E-state index in [9.17, 15) is 18.0 Å². The van der Waals surface area contributed by atoms with E-state index in [2.05, 4.69) is 24.1 Å². The molecule has 0 saturated heterocycles. The van der Waals surface area contributed by atoms with Crippen molar-refractivity contribution in [2.45, 2.75) is 44.7 Å². The Kier molecular flexibility index (Phi) is 6.64. The normalized spacial score (nSPS) is 14.4. The van der Waals surface area contributed by atoms with Gasteiger partial charge in [0.2, 0.25) is 0 Å². The van der Waals surface area contributed by atoms with Crippen LogP contribution in [0, 0.1) is 0 Å². The lowest BCUT2D eigenvalue weighted by atomic mass is 10.0. The number of benzene rings is 1. The largest absolute Gasteiger partial charge is 0.465 e. The molecule has 1 aromatic carbocycles. The maximum absolute atomic E-state index is 13.0. The van der Waals surface area contributed by atoms with E-state index in [-0.39, 0.29) is 16.2 Å². The number of hydrogen-bond donors (Lipinski definition) is 1. The van der Waals surface area contributed by atoms with Gasteiger partial charge in [0.25, 0.3) is 5.91 Å². The highest BCUT2D eigenvalue weighted by Gasteiger charge is 2.31. The van der Waals surface area contributed by atoms with Gasteiger partial charge in [-0.2, -0.15) is 0 Å². The minimum atomic E-state index is -3.57. The first-order chi connectivity index (χ1) is 14.2. The van der Waals surface area contributed by atoms with E-state index >= 15 is 0 Å². The molecule has 0 aliphatic carbocycles. The van der Waals surface area contributed by atoms with Crippen LogP contribution in [-0.2, 0) is 27.5 Å². The van der Waals surface area contributed by atoms with Crippen LogP contribution in [0.2, 0.25) is 0 Å². The van der Waals surface area contributed by atoms with Crippen molar-refractivity contribution >= 4 is 38.1 Å². The van der Waals surface area contributed by atoms with Crippen molar-refractivity contribution in [2.75, 3.05) is 24.7 Å². The molecular weight excluding hydrogens is 424 g/mol. The number of nitrogens with one attached hydrogen (secondary N) is 1. The molecule has 30 heavy (non-hydrogen) atoms. The smallest absolute Gasteiger partial charge is 0.341 e. The van der Waals surface area contributed by atoms with Gasteiger partial charge in [-0.05, 0) is 38.0 Å². The summed E-state index contributed by atoms with van der Waals surface area (Å²) in [4.78, 5) is 28.8. The highest BCUT2D eigenvalue weighted by atomic mass is 32.2. The molecule has 0 atom stereocenters. The maximum Gasteiger partial charge on any atom is 0.341 e. The number of hydrogen-bond acceptors (Lipinski definition) is 7. The van der Waals surface area contributed by atoms with E-state index < -0.39 is 21.7 Å². The van der Waals surface area contributed by atoms with E-state index in [1.54, 1.807) is 12.1 Å². The molecule has 1 amide bonds. The number of amides is 1. The Morgan fingerprint density at radius 3 is 2.60 bits per heavy atom. The van der Waals surface area contributed by atoms with Crippen molar-refractivity contribution in [3.63, 3.8) is 0 Å². The number of carbonyl (C=O) groups excluding carboxylic acids is 2. The first kappa shape index (κ1) is 22.5. The Morgan fingerprint density at radius 1 is 1.27 bits per heavy atom. The standard InChI is InChI=1S/C21H26N2O5S2/c1-5-30(26,27)17-9-7-6-8-15(17)19(24)22-20-18(21(25)28-4)14-10-11-23(13(2)3)12-16(14)29-20/h6-9,13H,5,10-12H2,1-4H3,(H,22,24). The molecule has 162 valence electrons. The number of sulfone groups is 1. The van der Waals surface area contributed by atoms with Crippen LogP contribution >= 0.6 is 11.3 Å². The monoisotopic (exact) mass is 450 g/mol. The van der Waals surface area contributed by atoms with E-state index in [1.165, 1.54) is 37.5 Å². The van der Waals surface area contributed by atoms with Crippen LogP contribution in [0.5, 0.6) is 0 Å². The van der Waals surface area contributed by atoms with Gasteiger partial charge < -0.3 is 10.1 Å². The second-order valence-corrected chi connectivity index (χ2v) is 10.7. The predicted octanol–water partition coefficient (Wildman–Crippen LogP) is 3.35. The molecule has 1 N–H and O–H groups in total. The topological polar surface area (TPSA) is 92.8 Å². The fourth-order valence-electron chi connectivity index (χ4n) is 3.52. The Bertz CT molecular complexity index is 1070. The fourth-order valence-corrected chi connectivity index (χ4v) is 5.87. The van der Waals surface area contributed by atoms with Crippen LogP contribution in [0.25, 0.3) is 0 Å². The summed E-state index contributed by atoms with van der Waals surface area (Å²) in [5.74, 6) is -1.18. The number of methoxy groups -OCH3 is 1. The molecule has 0 fully saturated rings. The van der Waals surface area contributed by atoms with Gasteiger partial charge in [-0.1, -0.05) is 19.1 Å². The Labute approximate surface area is 181 Å². The quantitative estimate of drug-likeness (QED) is 0.679. The van der Waals surface area contributed by atoms with E-state index in [1.807, 2.05) is 0 Å². The third kappa shape index (κ3) is 4.28. The van der Waals surface area contributed by atoms with Gasteiger partial charge in [-0.15, -0.1) is 11.3 Å². The highest BCUT2D eigenvalue weighted by molar-refractivity contribution is 7.91. The number of fused-ring (bicyclic) bond motifs is 1. The van der Waals surface area contributed by atoms with E-state index in [0.717, 1.165) is 17.0 Å². The van der Waals surface area contributed by atoms with Crippen molar-refractivity contribution in [1.29, 1.82) is 0 Å². The molecule has 9 heteroatoms. The number of ether oxygens (including phenoxy) is 1. The van der Waals surface area contributed by atoms with E-state index in [4.69, 9.17) is 4.74 Å². The van der Waals surface area contributed by atoms with Crippen molar-refractivity contribution in [3.05, 3.63) is 45.8 Å². The number of anilines is 1. The molecule has 1 aliphatic heterocycles. The summed E-state index contributed by atoms with van der Waals surface area (Å²) in [6, 6.07) is 6.47. The van der Waals surface area contributed by atoms with Gasteiger partial charge >= 0.3 is 5.97 Å².